The monoisotopic (exact) mass is 426 g/mol. The molecule has 0 unspecified atom stereocenters. The summed E-state index contributed by atoms with van der Waals surface area (Å²) in [7, 11) is 0. The van der Waals surface area contributed by atoms with Gasteiger partial charge in [-0.15, -0.1) is 11.3 Å². The quantitative estimate of drug-likeness (QED) is 0.399. The minimum Gasteiger partial charge on any atom is -0.493 e. The number of hydrazone groups is 1. The summed E-state index contributed by atoms with van der Waals surface area (Å²) in [6.07, 6.45) is 1.52. The van der Waals surface area contributed by atoms with E-state index in [1.165, 1.54) is 17.6 Å². The largest absolute Gasteiger partial charge is 0.493 e. The van der Waals surface area contributed by atoms with Gasteiger partial charge in [-0.25, -0.2) is 5.43 Å². The molecule has 3 aromatic rings. The Morgan fingerprint density at radius 1 is 1.27 bits per heavy atom. The molecule has 0 bridgehead atoms. The Labute approximate surface area is 169 Å². The number of carbonyl (C=O) groups is 1. The van der Waals surface area contributed by atoms with Gasteiger partial charge in [0.05, 0.1) is 22.9 Å². The molecule has 0 aliphatic heterocycles. The first-order valence-electron chi connectivity index (χ1n) is 7.63. The second-order valence-corrected chi connectivity index (χ2v) is 7.45. The number of para-hydroxylation sites is 1. The summed E-state index contributed by atoms with van der Waals surface area (Å²) in [6, 6.07) is 10.7. The highest BCUT2D eigenvalue weighted by Gasteiger charge is 2.19. The summed E-state index contributed by atoms with van der Waals surface area (Å²) in [5.74, 6) is 0.267. The number of hydrogen-bond acceptors (Lipinski definition) is 4. The molecule has 0 fully saturated rings. The van der Waals surface area contributed by atoms with Crippen LogP contribution in [0.3, 0.4) is 0 Å². The van der Waals surface area contributed by atoms with E-state index < -0.39 is 5.91 Å². The van der Waals surface area contributed by atoms with E-state index in [-0.39, 0.29) is 5.02 Å². The number of fused-ring (bicyclic) bond motifs is 1. The smallest absolute Gasteiger partial charge is 0.283 e. The van der Waals surface area contributed by atoms with Crippen molar-refractivity contribution < 1.29 is 9.53 Å². The van der Waals surface area contributed by atoms with Gasteiger partial charge in [0.2, 0.25) is 0 Å². The Balaban J connectivity index is 1.82. The lowest BCUT2D eigenvalue weighted by molar-refractivity contribution is 0.0959. The topological polar surface area (TPSA) is 50.7 Å². The van der Waals surface area contributed by atoms with Gasteiger partial charge in [0, 0.05) is 20.7 Å². The minimum atomic E-state index is -0.423. The lowest BCUT2D eigenvalue weighted by Gasteiger charge is -2.05. The molecule has 4 nitrogen and oxygen atoms in total. The predicted octanol–water partition coefficient (Wildman–Crippen LogP) is 6.02. The molecule has 0 saturated carbocycles. The fraction of sp³-hybridized carbons (Fsp3) is 0.111. The average Bonchev–Trinajstić information content (AvgIpc) is 2.93. The molecule has 0 atom stereocenters. The minimum absolute atomic E-state index is 0.286. The maximum absolute atomic E-state index is 12.4. The van der Waals surface area contributed by atoms with Gasteiger partial charge in [-0.05, 0) is 31.2 Å². The summed E-state index contributed by atoms with van der Waals surface area (Å²) in [6.45, 7) is 2.44. The zero-order chi connectivity index (χ0) is 18.7. The normalized spacial score (nSPS) is 11.2. The molecule has 0 saturated heterocycles. The van der Waals surface area contributed by atoms with E-state index in [4.69, 9.17) is 39.5 Å². The van der Waals surface area contributed by atoms with Crippen molar-refractivity contribution in [2.45, 2.75) is 6.92 Å². The zero-order valence-electron chi connectivity index (χ0n) is 13.6. The molecule has 0 aliphatic carbocycles. The van der Waals surface area contributed by atoms with Crippen LogP contribution < -0.4 is 10.2 Å². The molecule has 3 rings (SSSR count). The van der Waals surface area contributed by atoms with Crippen molar-refractivity contribution in [2.24, 2.45) is 5.10 Å². The van der Waals surface area contributed by atoms with E-state index in [0.29, 0.717) is 32.7 Å². The lowest BCUT2D eigenvalue weighted by Crippen LogP contribution is -2.16. The molecule has 0 spiro atoms. The standard InChI is InChI=1S/C18H13Cl3N2O2S/c1-2-25-13-6-4-3-5-10(13)9-22-23-18(24)17-16(21)15-12(20)7-11(19)8-14(15)26-17/h3-9H,2H2,1H3,(H,23,24)/b22-9+. The van der Waals surface area contributed by atoms with E-state index in [2.05, 4.69) is 10.5 Å². The number of ether oxygens (including phenoxy) is 1. The predicted molar refractivity (Wildman–Crippen MR) is 110 cm³/mol. The summed E-state index contributed by atoms with van der Waals surface area (Å²) in [5, 5.41) is 5.78. The van der Waals surface area contributed by atoms with Crippen molar-refractivity contribution in [1.29, 1.82) is 0 Å². The van der Waals surface area contributed by atoms with Crippen molar-refractivity contribution in [2.75, 3.05) is 6.61 Å². The van der Waals surface area contributed by atoms with Crippen LogP contribution in [0, 0.1) is 0 Å². The first-order chi connectivity index (χ1) is 12.5. The summed E-state index contributed by atoms with van der Waals surface area (Å²) in [4.78, 5) is 12.7. The highest BCUT2D eigenvalue weighted by molar-refractivity contribution is 7.21. The van der Waals surface area contributed by atoms with E-state index in [0.717, 1.165) is 10.3 Å². The number of carbonyl (C=O) groups excluding carboxylic acids is 1. The maximum atomic E-state index is 12.4. The first-order valence-corrected chi connectivity index (χ1v) is 9.58. The van der Waals surface area contributed by atoms with Crippen LogP contribution in [0.15, 0.2) is 41.5 Å². The number of thiophene rings is 1. The number of rotatable bonds is 5. The number of amides is 1. The molecule has 134 valence electrons. The van der Waals surface area contributed by atoms with Crippen molar-refractivity contribution in [1.82, 2.24) is 5.43 Å². The van der Waals surface area contributed by atoms with Gasteiger partial charge in [-0.3, -0.25) is 4.79 Å². The van der Waals surface area contributed by atoms with E-state index >= 15 is 0 Å². The molecule has 1 aromatic heterocycles. The van der Waals surface area contributed by atoms with Gasteiger partial charge >= 0.3 is 0 Å². The van der Waals surface area contributed by atoms with Gasteiger partial charge in [0.1, 0.15) is 10.6 Å². The van der Waals surface area contributed by atoms with E-state index in [1.807, 2.05) is 31.2 Å². The van der Waals surface area contributed by atoms with Crippen LogP contribution in [0.25, 0.3) is 10.1 Å². The number of halogens is 3. The third-order valence-corrected chi connectivity index (χ3v) is 5.59. The van der Waals surface area contributed by atoms with Crippen LogP contribution in [-0.2, 0) is 0 Å². The van der Waals surface area contributed by atoms with Crippen molar-refractivity contribution >= 4 is 68.3 Å². The van der Waals surface area contributed by atoms with Crippen LogP contribution in [0.5, 0.6) is 5.75 Å². The zero-order valence-corrected chi connectivity index (χ0v) is 16.6. The summed E-state index contributed by atoms with van der Waals surface area (Å²) >= 11 is 19.7. The summed E-state index contributed by atoms with van der Waals surface area (Å²) in [5.41, 5.74) is 3.23. The van der Waals surface area contributed by atoms with Crippen LogP contribution >= 0.6 is 46.1 Å². The van der Waals surface area contributed by atoms with Gasteiger partial charge in [0.15, 0.2) is 0 Å². The van der Waals surface area contributed by atoms with Crippen molar-refractivity contribution in [3.05, 3.63) is 61.9 Å². The van der Waals surface area contributed by atoms with Crippen molar-refractivity contribution in [3.8, 4) is 5.75 Å². The van der Waals surface area contributed by atoms with Gasteiger partial charge in [0.25, 0.3) is 5.91 Å². The molecule has 26 heavy (non-hydrogen) atoms. The molecule has 1 N–H and O–H groups in total. The number of hydrogen-bond donors (Lipinski definition) is 1. The second-order valence-electron chi connectivity index (χ2n) is 5.18. The van der Waals surface area contributed by atoms with Gasteiger partial charge < -0.3 is 4.74 Å². The molecule has 1 amide bonds. The Kier molecular flexibility index (Phi) is 6.04. The van der Waals surface area contributed by atoms with E-state index in [1.54, 1.807) is 12.1 Å². The van der Waals surface area contributed by atoms with Crippen LogP contribution in [0.1, 0.15) is 22.2 Å². The molecule has 1 heterocycles. The number of nitrogens with zero attached hydrogens (tertiary/aromatic N) is 1. The molecule has 0 aliphatic rings. The Morgan fingerprint density at radius 2 is 2.04 bits per heavy atom. The highest BCUT2D eigenvalue weighted by atomic mass is 35.5. The van der Waals surface area contributed by atoms with Crippen LogP contribution in [-0.4, -0.2) is 18.7 Å². The highest BCUT2D eigenvalue weighted by Crippen LogP contribution is 2.41. The SMILES string of the molecule is CCOc1ccccc1/C=N/NC(=O)c1sc2cc(Cl)cc(Cl)c2c1Cl. The van der Waals surface area contributed by atoms with Gasteiger partial charge in [-0.2, -0.15) is 5.10 Å². The first kappa shape index (κ1) is 19.0. The Morgan fingerprint density at radius 3 is 2.81 bits per heavy atom. The van der Waals surface area contributed by atoms with Crippen LogP contribution in [0.2, 0.25) is 15.1 Å². The molecule has 2 aromatic carbocycles. The fourth-order valence-corrected chi connectivity index (χ4v) is 4.61. The Bertz CT molecular complexity index is 1000. The molecular weight excluding hydrogens is 415 g/mol. The van der Waals surface area contributed by atoms with Crippen molar-refractivity contribution in [3.63, 3.8) is 0 Å². The van der Waals surface area contributed by atoms with E-state index in [9.17, 15) is 4.79 Å². The Hall–Kier alpha value is -1.79. The second kappa shape index (κ2) is 8.27. The number of benzene rings is 2. The third-order valence-electron chi connectivity index (χ3n) is 3.44. The average molecular weight is 428 g/mol. The fourth-order valence-electron chi connectivity index (χ4n) is 2.34. The summed E-state index contributed by atoms with van der Waals surface area (Å²) < 4.78 is 6.25. The number of nitrogens with one attached hydrogen (secondary N) is 1. The third kappa shape index (κ3) is 3.96. The maximum Gasteiger partial charge on any atom is 0.283 e. The van der Waals surface area contributed by atoms with Crippen LogP contribution in [0.4, 0.5) is 0 Å². The molecule has 8 heteroatoms. The molecular formula is C18H13Cl3N2O2S. The lowest BCUT2D eigenvalue weighted by atomic mass is 10.2. The molecule has 0 radical (unpaired) electrons. The van der Waals surface area contributed by atoms with Gasteiger partial charge in [-0.1, -0.05) is 46.9 Å².